The zero-order valence-electron chi connectivity index (χ0n) is 14.8. The van der Waals surface area contributed by atoms with Gasteiger partial charge in [0.1, 0.15) is 0 Å². The average Bonchev–Trinajstić information content (AvgIpc) is 2.99. The van der Waals surface area contributed by atoms with Gasteiger partial charge >= 0.3 is 0 Å². The monoisotopic (exact) mass is 451 g/mol. The number of hydrogen-bond donors (Lipinski definition) is 3. The topological polar surface area (TPSA) is 95.6 Å². The molecule has 1 fully saturated rings. The molecule has 1 heterocycles. The van der Waals surface area contributed by atoms with E-state index in [1.165, 1.54) is 0 Å². The first-order chi connectivity index (χ1) is 11.1. The third-order valence-electron chi connectivity index (χ3n) is 3.98. The first-order valence-electron chi connectivity index (χ1n) is 8.63. The molecule has 0 atom stereocenters. The van der Waals surface area contributed by atoms with Crippen LogP contribution in [0.4, 0.5) is 0 Å². The molecule has 8 heteroatoms. The molecule has 0 saturated heterocycles. The van der Waals surface area contributed by atoms with Gasteiger partial charge in [-0.3, -0.25) is 4.99 Å². The van der Waals surface area contributed by atoms with Gasteiger partial charge in [-0.25, -0.2) is 0 Å². The number of guanidine groups is 1. The Hall–Kier alpha value is -0.900. The summed E-state index contributed by atoms with van der Waals surface area (Å²) in [5.41, 5.74) is 0. The van der Waals surface area contributed by atoms with E-state index in [0.29, 0.717) is 24.9 Å². The molecule has 1 aliphatic carbocycles. The van der Waals surface area contributed by atoms with Gasteiger partial charge in [0.2, 0.25) is 5.89 Å². The van der Waals surface area contributed by atoms with Crippen molar-refractivity contribution in [2.24, 2.45) is 4.99 Å². The summed E-state index contributed by atoms with van der Waals surface area (Å²) >= 11 is 0. The Labute approximate surface area is 161 Å². The van der Waals surface area contributed by atoms with E-state index in [9.17, 15) is 5.11 Å². The summed E-state index contributed by atoms with van der Waals surface area (Å²) < 4.78 is 5.23. The van der Waals surface area contributed by atoms with Crippen molar-refractivity contribution < 1.29 is 9.63 Å². The van der Waals surface area contributed by atoms with E-state index in [-0.39, 0.29) is 36.0 Å². The zero-order valence-corrected chi connectivity index (χ0v) is 17.1. The van der Waals surface area contributed by atoms with Crippen molar-refractivity contribution in [3.8, 4) is 0 Å². The molecule has 2 rings (SSSR count). The van der Waals surface area contributed by atoms with Crippen molar-refractivity contribution in [1.82, 2.24) is 20.8 Å². The molecule has 0 aromatic carbocycles. The third kappa shape index (κ3) is 6.92. The molecule has 0 amide bonds. The highest BCUT2D eigenvalue weighted by Gasteiger charge is 2.20. The Morgan fingerprint density at radius 3 is 2.62 bits per heavy atom. The van der Waals surface area contributed by atoms with E-state index in [1.54, 1.807) is 0 Å². The Morgan fingerprint density at radius 2 is 2.04 bits per heavy atom. The molecule has 1 saturated carbocycles. The highest BCUT2D eigenvalue weighted by Crippen LogP contribution is 2.18. The largest absolute Gasteiger partial charge is 0.393 e. The summed E-state index contributed by atoms with van der Waals surface area (Å²) in [5.74, 6) is 2.47. The second-order valence-corrected chi connectivity index (χ2v) is 6.36. The Bertz CT molecular complexity index is 498. The van der Waals surface area contributed by atoms with Crippen LogP contribution in [0.25, 0.3) is 0 Å². The van der Waals surface area contributed by atoms with Crippen molar-refractivity contribution in [2.75, 3.05) is 13.1 Å². The van der Waals surface area contributed by atoms with Crippen LogP contribution in [0.15, 0.2) is 9.52 Å². The number of aliphatic hydroxyl groups is 1. The number of aliphatic hydroxyl groups excluding tert-OH is 1. The van der Waals surface area contributed by atoms with Crippen molar-refractivity contribution in [2.45, 2.75) is 70.9 Å². The van der Waals surface area contributed by atoms with Crippen molar-refractivity contribution in [3.63, 3.8) is 0 Å². The van der Waals surface area contributed by atoms with E-state index in [4.69, 9.17) is 4.52 Å². The summed E-state index contributed by atoms with van der Waals surface area (Å²) in [6.45, 7) is 7.56. The summed E-state index contributed by atoms with van der Waals surface area (Å²) in [7, 11) is 0. The molecule has 1 aromatic heterocycles. The summed E-state index contributed by atoms with van der Waals surface area (Å²) in [4.78, 5) is 8.94. The lowest BCUT2D eigenvalue weighted by Gasteiger charge is -2.27. The number of rotatable bonds is 6. The second kappa shape index (κ2) is 10.9. The summed E-state index contributed by atoms with van der Waals surface area (Å²) in [5, 5.41) is 20.2. The van der Waals surface area contributed by atoms with Gasteiger partial charge in [-0.05, 0) is 32.6 Å². The van der Waals surface area contributed by atoms with Crippen LogP contribution in [0, 0.1) is 0 Å². The molecule has 0 bridgehead atoms. The maximum atomic E-state index is 9.58. The van der Waals surface area contributed by atoms with Gasteiger partial charge in [0, 0.05) is 24.9 Å². The normalized spacial score (nSPS) is 21.5. The van der Waals surface area contributed by atoms with E-state index in [1.807, 2.05) is 13.8 Å². The molecular formula is C16H30IN5O2. The third-order valence-corrected chi connectivity index (χ3v) is 3.98. The number of hydrogen-bond acceptors (Lipinski definition) is 5. The molecule has 24 heavy (non-hydrogen) atoms. The van der Waals surface area contributed by atoms with Crippen LogP contribution in [-0.2, 0) is 6.42 Å². The minimum absolute atomic E-state index is 0. The van der Waals surface area contributed by atoms with Crippen LogP contribution in [0.2, 0.25) is 0 Å². The first-order valence-corrected chi connectivity index (χ1v) is 8.63. The SMILES string of the molecule is CCNC(=NCCc1nc(C(C)C)no1)NC1CCC(O)CC1.I. The predicted molar refractivity (Wildman–Crippen MR) is 105 cm³/mol. The van der Waals surface area contributed by atoms with Gasteiger partial charge in [0.15, 0.2) is 11.8 Å². The lowest BCUT2D eigenvalue weighted by molar-refractivity contribution is 0.120. The summed E-state index contributed by atoms with van der Waals surface area (Å²) in [6.07, 6.45) is 4.17. The van der Waals surface area contributed by atoms with Crippen LogP contribution in [-0.4, -0.2) is 46.4 Å². The van der Waals surface area contributed by atoms with E-state index < -0.39 is 0 Å². The van der Waals surface area contributed by atoms with Crippen LogP contribution >= 0.6 is 24.0 Å². The van der Waals surface area contributed by atoms with Gasteiger partial charge in [-0.1, -0.05) is 19.0 Å². The lowest BCUT2D eigenvalue weighted by Crippen LogP contribution is -2.45. The smallest absolute Gasteiger partial charge is 0.228 e. The average molecular weight is 451 g/mol. The molecule has 0 radical (unpaired) electrons. The first kappa shape index (κ1) is 21.1. The highest BCUT2D eigenvalue weighted by atomic mass is 127. The molecule has 0 spiro atoms. The number of aliphatic imine (C=N–C) groups is 1. The minimum Gasteiger partial charge on any atom is -0.393 e. The summed E-state index contributed by atoms with van der Waals surface area (Å²) in [6, 6.07) is 0.382. The van der Waals surface area contributed by atoms with E-state index in [2.05, 4.69) is 32.7 Å². The molecule has 1 aromatic rings. The van der Waals surface area contributed by atoms with Gasteiger partial charge in [-0.2, -0.15) is 4.98 Å². The van der Waals surface area contributed by atoms with Crippen LogP contribution in [0.3, 0.4) is 0 Å². The molecule has 0 aliphatic heterocycles. The van der Waals surface area contributed by atoms with Crippen LogP contribution in [0.5, 0.6) is 0 Å². The van der Waals surface area contributed by atoms with E-state index in [0.717, 1.165) is 44.0 Å². The fourth-order valence-corrected chi connectivity index (χ4v) is 2.60. The van der Waals surface area contributed by atoms with Gasteiger partial charge in [0.05, 0.1) is 12.6 Å². The van der Waals surface area contributed by atoms with Gasteiger partial charge < -0.3 is 20.3 Å². The number of halogens is 1. The van der Waals surface area contributed by atoms with Crippen molar-refractivity contribution >= 4 is 29.9 Å². The predicted octanol–water partition coefficient (Wildman–Crippen LogP) is 2.21. The molecular weight excluding hydrogens is 421 g/mol. The Kier molecular flexibility index (Phi) is 9.57. The molecule has 3 N–H and O–H groups in total. The van der Waals surface area contributed by atoms with Gasteiger partial charge in [-0.15, -0.1) is 24.0 Å². The molecule has 1 aliphatic rings. The standard InChI is InChI=1S/C16H29N5O2.HI/c1-4-17-16(19-12-5-7-13(22)8-6-12)18-10-9-14-20-15(11(2)3)21-23-14;/h11-13,22H,4-10H2,1-3H3,(H2,17,18,19);1H. The van der Waals surface area contributed by atoms with Crippen molar-refractivity contribution in [3.05, 3.63) is 11.7 Å². The quantitative estimate of drug-likeness (QED) is 0.349. The highest BCUT2D eigenvalue weighted by molar-refractivity contribution is 14.0. The Balaban J connectivity index is 0.00000288. The molecule has 7 nitrogen and oxygen atoms in total. The zero-order chi connectivity index (χ0) is 16.7. The minimum atomic E-state index is -0.139. The van der Waals surface area contributed by atoms with Crippen LogP contribution in [0.1, 0.15) is 64.1 Å². The number of nitrogens with zero attached hydrogens (tertiary/aromatic N) is 3. The maximum absolute atomic E-state index is 9.58. The fourth-order valence-electron chi connectivity index (χ4n) is 2.60. The van der Waals surface area contributed by atoms with Crippen LogP contribution < -0.4 is 10.6 Å². The van der Waals surface area contributed by atoms with Gasteiger partial charge in [0.25, 0.3) is 0 Å². The molecule has 138 valence electrons. The number of nitrogens with one attached hydrogen (secondary N) is 2. The number of aromatic nitrogens is 2. The maximum Gasteiger partial charge on any atom is 0.228 e. The van der Waals surface area contributed by atoms with E-state index >= 15 is 0 Å². The Morgan fingerprint density at radius 1 is 1.33 bits per heavy atom. The van der Waals surface area contributed by atoms with Crippen molar-refractivity contribution in [1.29, 1.82) is 0 Å². The lowest BCUT2D eigenvalue weighted by atomic mass is 9.93. The molecule has 0 unspecified atom stereocenters. The second-order valence-electron chi connectivity index (χ2n) is 6.36. The fraction of sp³-hybridized carbons (Fsp3) is 0.812.